The minimum Gasteiger partial charge on any atom is -0.391 e. The molecule has 0 saturated heterocycles. The molecule has 0 bridgehead atoms. The number of benzene rings is 2. The summed E-state index contributed by atoms with van der Waals surface area (Å²) in [6.45, 7) is 0.572. The number of rotatable bonds is 4. The number of nitrogens with one attached hydrogen (secondary N) is 1. The van der Waals surface area contributed by atoms with E-state index in [1.807, 2.05) is 42.5 Å². The van der Waals surface area contributed by atoms with Crippen molar-refractivity contribution in [3.05, 3.63) is 77.6 Å². The minimum atomic E-state index is -0.392. The molecular formula is C18H18N4O. The van der Waals surface area contributed by atoms with E-state index in [0.717, 1.165) is 11.4 Å². The summed E-state index contributed by atoms with van der Waals surface area (Å²) in [6, 6.07) is 17.9. The summed E-state index contributed by atoms with van der Waals surface area (Å²) >= 11 is 0. The summed E-state index contributed by atoms with van der Waals surface area (Å²) in [5.74, 6) is 0. The van der Waals surface area contributed by atoms with Gasteiger partial charge in [-0.05, 0) is 23.3 Å². The monoisotopic (exact) mass is 306 g/mol. The molecule has 1 aliphatic rings. The van der Waals surface area contributed by atoms with Gasteiger partial charge in [0.25, 0.3) is 0 Å². The maximum atomic E-state index is 10.3. The minimum absolute atomic E-state index is 0.0481. The Balaban J connectivity index is 1.47. The van der Waals surface area contributed by atoms with Crippen LogP contribution in [0.2, 0.25) is 0 Å². The van der Waals surface area contributed by atoms with Gasteiger partial charge in [0.15, 0.2) is 0 Å². The molecule has 1 aromatic heterocycles. The Morgan fingerprint density at radius 3 is 2.74 bits per heavy atom. The van der Waals surface area contributed by atoms with Gasteiger partial charge in [-0.15, -0.1) is 0 Å². The van der Waals surface area contributed by atoms with Crippen molar-refractivity contribution in [2.75, 3.05) is 0 Å². The van der Waals surface area contributed by atoms with Gasteiger partial charge in [0.2, 0.25) is 0 Å². The van der Waals surface area contributed by atoms with Crippen LogP contribution in [-0.2, 0) is 13.0 Å². The van der Waals surface area contributed by atoms with Crippen molar-refractivity contribution in [3.63, 3.8) is 0 Å². The normalized spacial score (nSPS) is 19.7. The van der Waals surface area contributed by atoms with E-state index in [9.17, 15) is 5.11 Å². The summed E-state index contributed by atoms with van der Waals surface area (Å²) < 4.78 is 0. The van der Waals surface area contributed by atoms with Crippen molar-refractivity contribution in [1.29, 1.82) is 0 Å². The highest BCUT2D eigenvalue weighted by Crippen LogP contribution is 2.31. The van der Waals surface area contributed by atoms with Gasteiger partial charge < -0.3 is 10.4 Å². The predicted molar refractivity (Wildman–Crippen MR) is 87.1 cm³/mol. The third kappa shape index (κ3) is 2.76. The Kier molecular flexibility index (Phi) is 3.65. The van der Waals surface area contributed by atoms with E-state index in [0.29, 0.717) is 13.0 Å². The molecule has 1 heterocycles. The van der Waals surface area contributed by atoms with Gasteiger partial charge in [-0.1, -0.05) is 42.5 Å². The van der Waals surface area contributed by atoms with Crippen LogP contribution < -0.4 is 5.32 Å². The first-order valence-corrected chi connectivity index (χ1v) is 7.77. The molecule has 0 aliphatic heterocycles. The zero-order chi connectivity index (χ0) is 15.6. The maximum absolute atomic E-state index is 10.3. The average molecular weight is 306 g/mol. The second-order valence-electron chi connectivity index (χ2n) is 5.79. The van der Waals surface area contributed by atoms with Crippen LogP contribution in [-0.4, -0.2) is 26.2 Å². The summed E-state index contributed by atoms with van der Waals surface area (Å²) in [5.41, 5.74) is 4.18. The number of aliphatic hydroxyl groups excluding tert-OH is 1. The Morgan fingerprint density at radius 1 is 1.09 bits per heavy atom. The molecule has 0 fully saturated rings. The van der Waals surface area contributed by atoms with Crippen molar-refractivity contribution >= 4 is 0 Å². The molecule has 0 amide bonds. The molecule has 0 saturated carbocycles. The lowest BCUT2D eigenvalue weighted by Gasteiger charge is -2.17. The number of nitrogens with zero attached hydrogens (tertiary/aromatic N) is 3. The first-order chi connectivity index (χ1) is 11.3. The van der Waals surface area contributed by atoms with E-state index in [2.05, 4.69) is 27.6 Å². The lowest BCUT2D eigenvalue weighted by Crippen LogP contribution is -2.28. The van der Waals surface area contributed by atoms with Crippen molar-refractivity contribution < 1.29 is 5.11 Å². The number of hydrogen-bond acceptors (Lipinski definition) is 4. The van der Waals surface area contributed by atoms with Crippen LogP contribution in [0.15, 0.2) is 60.8 Å². The third-order valence-corrected chi connectivity index (χ3v) is 4.23. The van der Waals surface area contributed by atoms with E-state index in [1.54, 1.807) is 11.0 Å². The number of fused-ring (bicyclic) bond motifs is 1. The fourth-order valence-electron chi connectivity index (χ4n) is 3.10. The molecule has 0 unspecified atom stereocenters. The van der Waals surface area contributed by atoms with Gasteiger partial charge in [0.05, 0.1) is 29.7 Å². The molecule has 5 heteroatoms. The summed E-state index contributed by atoms with van der Waals surface area (Å²) in [5, 5.41) is 22.5. The van der Waals surface area contributed by atoms with Crippen LogP contribution in [0.3, 0.4) is 0 Å². The Morgan fingerprint density at radius 2 is 1.87 bits per heavy atom. The Labute approximate surface area is 134 Å². The Bertz CT molecular complexity index is 800. The van der Waals surface area contributed by atoms with Crippen LogP contribution in [0, 0.1) is 0 Å². The lowest BCUT2D eigenvalue weighted by atomic mass is 10.1. The second-order valence-corrected chi connectivity index (χ2v) is 5.79. The molecule has 3 aromatic rings. The van der Waals surface area contributed by atoms with Crippen molar-refractivity contribution in [2.45, 2.75) is 25.1 Å². The van der Waals surface area contributed by atoms with E-state index < -0.39 is 6.10 Å². The lowest BCUT2D eigenvalue weighted by molar-refractivity contribution is 0.140. The Hall–Kier alpha value is -2.50. The maximum Gasteiger partial charge on any atom is 0.0969 e. The number of aliphatic hydroxyl groups is 1. The largest absolute Gasteiger partial charge is 0.391 e. The highest BCUT2D eigenvalue weighted by atomic mass is 16.3. The molecule has 2 aromatic carbocycles. The molecular weight excluding hydrogens is 288 g/mol. The number of para-hydroxylation sites is 1. The van der Waals surface area contributed by atoms with Gasteiger partial charge in [-0.2, -0.15) is 15.0 Å². The first kappa shape index (κ1) is 14.1. The molecule has 2 N–H and O–H groups in total. The molecule has 1 aliphatic carbocycles. The topological polar surface area (TPSA) is 63.0 Å². The SMILES string of the molecule is O[C@@H]1Cc2ccccc2[C@H]1NCc1cnn(-c2ccccc2)n1. The van der Waals surface area contributed by atoms with Crippen molar-refractivity contribution in [3.8, 4) is 5.69 Å². The fourth-order valence-corrected chi connectivity index (χ4v) is 3.10. The van der Waals surface area contributed by atoms with E-state index >= 15 is 0 Å². The standard InChI is InChI=1S/C18H18N4O/c23-17-10-13-6-4-5-9-16(13)18(17)19-11-14-12-20-22(21-14)15-7-2-1-3-8-15/h1-9,12,17-19,23H,10-11H2/t17-,18-/m1/s1. The van der Waals surface area contributed by atoms with E-state index in [-0.39, 0.29) is 6.04 Å². The fraction of sp³-hybridized carbons (Fsp3) is 0.222. The summed E-state index contributed by atoms with van der Waals surface area (Å²) in [6.07, 6.45) is 2.06. The number of hydrogen-bond donors (Lipinski definition) is 2. The summed E-state index contributed by atoms with van der Waals surface area (Å²) in [4.78, 5) is 1.62. The summed E-state index contributed by atoms with van der Waals surface area (Å²) in [7, 11) is 0. The van der Waals surface area contributed by atoms with Crippen molar-refractivity contribution in [2.24, 2.45) is 0 Å². The van der Waals surface area contributed by atoms with Gasteiger partial charge in [-0.25, -0.2) is 0 Å². The van der Waals surface area contributed by atoms with Crippen LogP contribution in [0.5, 0.6) is 0 Å². The molecule has 0 radical (unpaired) electrons. The second kappa shape index (κ2) is 5.95. The molecule has 23 heavy (non-hydrogen) atoms. The van der Waals surface area contributed by atoms with E-state index in [1.165, 1.54) is 11.1 Å². The zero-order valence-corrected chi connectivity index (χ0v) is 12.6. The molecule has 2 atom stereocenters. The quantitative estimate of drug-likeness (QED) is 0.774. The van der Waals surface area contributed by atoms with Crippen LogP contribution >= 0.6 is 0 Å². The van der Waals surface area contributed by atoms with Gasteiger partial charge in [-0.3, -0.25) is 0 Å². The highest BCUT2D eigenvalue weighted by Gasteiger charge is 2.30. The zero-order valence-electron chi connectivity index (χ0n) is 12.6. The molecule has 116 valence electrons. The van der Waals surface area contributed by atoms with Gasteiger partial charge >= 0.3 is 0 Å². The smallest absolute Gasteiger partial charge is 0.0969 e. The van der Waals surface area contributed by atoms with Gasteiger partial charge in [0.1, 0.15) is 0 Å². The molecule has 0 spiro atoms. The van der Waals surface area contributed by atoms with Gasteiger partial charge in [0, 0.05) is 13.0 Å². The average Bonchev–Trinajstić information content (AvgIpc) is 3.18. The number of aromatic nitrogens is 3. The third-order valence-electron chi connectivity index (χ3n) is 4.23. The molecule has 5 nitrogen and oxygen atoms in total. The van der Waals surface area contributed by atoms with Crippen LogP contribution in [0.25, 0.3) is 5.69 Å². The van der Waals surface area contributed by atoms with Crippen LogP contribution in [0.4, 0.5) is 0 Å². The van der Waals surface area contributed by atoms with Crippen LogP contribution in [0.1, 0.15) is 22.9 Å². The van der Waals surface area contributed by atoms with E-state index in [4.69, 9.17) is 0 Å². The van der Waals surface area contributed by atoms with Crippen molar-refractivity contribution in [1.82, 2.24) is 20.3 Å². The highest BCUT2D eigenvalue weighted by molar-refractivity contribution is 5.36. The molecule has 4 rings (SSSR count). The predicted octanol–water partition coefficient (Wildman–Crippen LogP) is 2.02. The first-order valence-electron chi connectivity index (χ1n) is 7.77.